The Morgan fingerprint density at radius 2 is 2.06 bits per heavy atom. The van der Waals surface area contributed by atoms with E-state index in [1.807, 2.05) is 12.1 Å². The molecule has 2 rings (SSSR count). The zero-order chi connectivity index (χ0) is 12.4. The van der Waals surface area contributed by atoms with E-state index in [0.717, 1.165) is 24.0 Å². The van der Waals surface area contributed by atoms with E-state index in [2.05, 4.69) is 19.9 Å². The summed E-state index contributed by atoms with van der Waals surface area (Å²) in [6, 6.07) is 5.65. The number of rotatable bonds is 3. The van der Waals surface area contributed by atoms with Crippen LogP contribution in [0.5, 0.6) is 5.75 Å². The molecule has 1 aromatic carbocycles. The first-order valence-corrected chi connectivity index (χ1v) is 5.68. The minimum absolute atomic E-state index is 0.696. The maximum Gasteiger partial charge on any atom is 0.150 e. The Kier molecular flexibility index (Phi) is 3.14. The number of methoxy groups -OCH3 is 1. The van der Waals surface area contributed by atoms with Crippen LogP contribution in [0.25, 0.3) is 5.57 Å². The third kappa shape index (κ3) is 2.03. The minimum Gasteiger partial charge on any atom is -0.497 e. The summed E-state index contributed by atoms with van der Waals surface area (Å²) < 4.78 is 5.13. The van der Waals surface area contributed by atoms with Crippen LogP contribution in [-0.2, 0) is 0 Å². The molecule has 2 heteroatoms. The second-order valence-corrected chi connectivity index (χ2v) is 4.27. The first-order chi connectivity index (χ1) is 8.17. The molecule has 0 atom stereocenters. The number of ether oxygens (including phenoxy) is 1. The van der Waals surface area contributed by atoms with Crippen LogP contribution in [0.3, 0.4) is 0 Å². The number of carbonyl (C=O) groups is 1. The van der Waals surface area contributed by atoms with Gasteiger partial charge in [-0.15, -0.1) is 0 Å². The van der Waals surface area contributed by atoms with Gasteiger partial charge in [-0.25, -0.2) is 0 Å². The van der Waals surface area contributed by atoms with Crippen LogP contribution in [0.15, 0.2) is 35.4 Å². The Morgan fingerprint density at radius 1 is 1.29 bits per heavy atom. The first kappa shape index (κ1) is 11.6. The molecule has 1 aliphatic rings. The number of aldehydes is 1. The van der Waals surface area contributed by atoms with Crippen molar-refractivity contribution in [3.05, 3.63) is 46.5 Å². The zero-order valence-electron chi connectivity index (χ0n) is 10.4. The summed E-state index contributed by atoms with van der Waals surface area (Å²) in [5, 5.41) is 0. The first-order valence-electron chi connectivity index (χ1n) is 5.68. The maximum atomic E-state index is 11.1. The molecule has 0 heterocycles. The van der Waals surface area contributed by atoms with E-state index >= 15 is 0 Å². The van der Waals surface area contributed by atoms with Gasteiger partial charge in [0.25, 0.3) is 0 Å². The molecule has 0 amide bonds. The van der Waals surface area contributed by atoms with E-state index in [1.165, 1.54) is 16.7 Å². The summed E-state index contributed by atoms with van der Waals surface area (Å²) >= 11 is 0. The molecule has 0 radical (unpaired) electrons. The smallest absolute Gasteiger partial charge is 0.150 e. The lowest BCUT2D eigenvalue weighted by Crippen LogP contribution is -1.94. The molecule has 0 aliphatic heterocycles. The van der Waals surface area contributed by atoms with Gasteiger partial charge in [0.1, 0.15) is 5.75 Å². The molecule has 2 nitrogen and oxygen atoms in total. The SMILES string of the molecule is COc1ccc(C2=C(C)C(C)=CC2)c(C=O)c1. The Labute approximate surface area is 102 Å². The highest BCUT2D eigenvalue weighted by atomic mass is 16.5. The molecule has 0 spiro atoms. The summed E-state index contributed by atoms with van der Waals surface area (Å²) in [5.74, 6) is 0.719. The van der Waals surface area contributed by atoms with Crippen LogP contribution < -0.4 is 4.74 Å². The summed E-state index contributed by atoms with van der Waals surface area (Å²) in [6.45, 7) is 4.21. The average Bonchev–Trinajstić information content (AvgIpc) is 2.69. The van der Waals surface area contributed by atoms with Crippen molar-refractivity contribution < 1.29 is 9.53 Å². The van der Waals surface area contributed by atoms with E-state index < -0.39 is 0 Å². The van der Waals surface area contributed by atoms with E-state index in [1.54, 1.807) is 13.2 Å². The van der Waals surface area contributed by atoms with Crippen molar-refractivity contribution in [3.63, 3.8) is 0 Å². The molecule has 0 saturated carbocycles. The summed E-state index contributed by atoms with van der Waals surface area (Å²) in [5.41, 5.74) is 5.53. The van der Waals surface area contributed by atoms with Crippen LogP contribution in [0.1, 0.15) is 36.2 Å². The number of benzene rings is 1. The fourth-order valence-corrected chi connectivity index (χ4v) is 2.15. The largest absolute Gasteiger partial charge is 0.497 e. The van der Waals surface area contributed by atoms with E-state index in [-0.39, 0.29) is 0 Å². The summed E-state index contributed by atoms with van der Waals surface area (Å²) in [6.07, 6.45) is 4.00. The van der Waals surface area contributed by atoms with E-state index in [4.69, 9.17) is 4.74 Å². The third-order valence-electron chi connectivity index (χ3n) is 3.37. The van der Waals surface area contributed by atoms with Gasteiger partial charge >= 0.3 is 0 Å². The molecule has 0 aromatic heterocycles. The number of hydrogen-bond acceptors (Lipinski definition) is 2. The predicted molar refractivity (Wildman–Crippen MR) is 69.3 cm³/mol. The highest BCUT2D eigenvalue weighted by Crippen LogP contribution is 2.35. The lowest BCUT2D eigenvalue weighted by molar-refractivity contribution is 0.112. The molecule has 0 unspecified atom stereocenters. The van der Waals surface area contributed by atoms with Crippen molar-refractivity contribution in [3.8, 4) is 5.75 Å². The van der Waals surface area contributed by atoms with Crippen LogP contribution >= 0.6 is 0 Å². The molecule has 88 valence electrons. The molecule has 17 heavy (non-hydrogen) atoms. The van der Waals surface area contributed by atoms with Gasteiger partial charge in [-0.2, -0.15) is 0 Å². The van der Waals surface area contributed by atoms with Gasteiger partial charge in [0.15, 0.2) is 6.29 Å². The van der Waals surface area contributed by atoms with Crippen molar-refractivity contribution in [2.45, 2.75) is 20.3 Å². The molecular weight excluding hydrogens is 212 g/mol. The monoisotopic (exact) mass is 228 g/mol. The third-order valence-corrected chi connectivity index (χ3v) is 3.37. The molecule has 1 aromatic rings. The minimum atomic E-state index is 0.696. The van der Waals surface area contributed by atoms with E-state index in [9.17, 15) is 4.79 Å². The van der Waals surface area contributed by atoms with Crippen LogP contribution in [0.4, 0.5) is 0 Å². The van der Waals surface area contributed by atoms with E-state index in [0.29, 0.717) is 5.56 Å². The highest BCUT2D eigenvalue weighted by molar-refractivity contribution is 5.89. The van der Waals surface area contributed by atoms with Crippen LogP contribution in [-0.4, -0.2) is 13.4 Å². The van der Waals surface area contributed by atoms with Gasteiger partial charge in [-0.3, -0.25) is 4.79 Å². The molecule has 0 fully saturated rings. The van der Waals surface area contributed by atoms with Gasteiger partial charge in [0.05, 0.1) is 7.11 Å². The lowest BCUT2D eigenvalue weighted by Gasteiger charge is -2.10. The number of allylic oxidation sites excluding steroid dienone is 4. The normalized spacial score (nSPS) is 14.9. The second kappa shape index (κ2) is 4.58. The van der Waals surface area contributed by atoms with Crippen molar-refractivity contribution in [2.75, 3.05) is 7.11 Å². The second-order valence-electron chi connectivity index (χ2n) is 4.27. The van der Waals surface area contributed by atoms with Gasteiger partial charge in [0.2, 0.25) is 0 Å². The summed E-state index contributed by atoms with van der Waals surface area (Å²) in [7, 11) is 1.61. The topological polar surface area (TPSA) is 26.3 Å². The standard InChI is InChI=1S/C15H16O2/c1-10-4-6-14(11(10)2)15-7-5-13(17-3)8-12(15)9-16/h4-5,7-9H,6H2,1-3H3. The number of carbonyl (C=O) groups excluding carboxylic acids is 1. The molecule has 0 bridgehead atoms. The van der Waals surface area contributed by atoms with Crippen molar-refractivity contribution in [1.82, 2.24) is 0 Å². The van der Waals surface area contributed by atoms with Gasteiger partial charge in [-0.05, 0) is 49.1 Å². The predicted octanol–water partition coefficient (Wildman–Crippen LogP) is 3.63. The molecule has 1 aliphatic carbocycles. The highest BCUT2D eigenvalue weighted by Gasteiger charge is 2.15. The van der Waals surface area contributed by atoms with Gasteiger partial charge < -0.3 is 4.74 Å². The fourth-order valence-electron chi connectivity index (χ4n) is 2.15. The fraction of sp³-hybridized carbons (Fsp3) is 0.267. The van der Waals surface area contributed by atoms with Gasteiger partial charge in [0, 0.05) is 5.56 Å². The zero-order valence-corrected chi connectivity index (χ0v) is 10.4. The Hall–Kier alpha value is -1.83. The summed E-state index contributed by atoms with van der Waals surface area (Å²) in [4.78, 5) is 11.1. The van der Waals surface area contributed by atoms with Crippen molar-refractivity contribution >= 4 is 11.9 Å². The molecule has 0 saturated heterocycles. The molecule has 0 N–H and O–H groups in total. The Morgan fingerprint density at radius 3 is 2.59 bits per heavy atom. The molecular formula is C15H16O2. The average molecular weight is 228 g/mol. The Bertz CT molecular complexity index is 522. The van der Waals surface area contributed by atoms with Crippen molar-refractivity contribution in [1.29, 1.82) is 0 Å². The van der Waals surface area contributed by atoms with Gasteiger partial charge in [-0.1, -0.05) is 17.7 Å². The number of hydrogen-bond donors (Lipinski definition) is 0. The maximum absolute atomic E-state index is 11.1. The quantitative estimate of drug-likeness (QED) is 0.738. The van der Waals surface area contributed by atoms with Crippen LogP contribution in [0, 0.1) is 0 Å². The van der Waals surface area contributed by atoms with Crippen LogP contribution in [0.2, 0.25) is 0 Å². The lowest BCUT2D eigenvalue weighted by atomic mass is 9.96. The Balaban J connectivity index is 2.51. The van der Waals surface area contributed by atoms with Crippen molar-refractivity contribution in [2.24, 2.45) is 0 Å².